The van der Waals surface area contributed by atoms with Crippen molar-refractivity contribution in [1.29, 1.82) is 0 Å². The van der Waals surface area contributed by atoms with Gasteiger partial charge < -0.3 is 9.88 Å². The maximum atomic E-state index is 13.8. The third-order valence-electron chi connectivity index (χ3n) is 5.33. The topological polar surface area (TPSA) is 61.9 Å². The van der Waals surface area contributed by atoms with Gasteiger partial charge in [-0.15, -0.1) is 11.3 Å². The molecular formula is C22H18BrFN4OS. The average molecular weight is 485 g/mol. The van der Waals surface area contributed by atoms with Gasteiger partial charge in [0.2, 0.25) is 0 Å². The normalized spacial score (nSPS) is 16.5. The highest BCUT2D eigenvalue weighted by molar-refractivity contribution is 9.10. The van der Waals surface area contributed by atoms with E-state index in [0.717, 1.165) is 28.3 Å². The molecule has 1 N–H and O–H groups in total. The van der Waals surface area contributed by atoms with Crippen LogP contribution in [0.4, 0.5) is 4.39 Å². The lowest BCUT2D eigenvalue weighted by Gasteiger charge is -2.22. The van der Waals surface area contributed by atoms with Crippen LogP contribution in [0.1, 0.15) is 40.2 Å². The largest absolute Gasteiger partial charge is 0.340 e. The summed E-state index contributed by atoms with van der Waals surface area (Å²) in [4.78, 5) is 28.7. The van der Waals surface area contributed by atoms with Gasteiger partial charge in [-0.3, -0.25) is 4.79 Å². The van der Waals surface area contributed by atoms with Crippen LogP contribution >= 0.6 is 27.3 Å². The van der Waals surface area contributed by atoms with Gasteiger partial charge in [0, 0.05) is 11.0 Å². The van der Waals surface area contributed by atoms with Crippen LogP contribution in [0.25, 0.3) is 21.5 Å². The number of H-pyrrole nitrogens is 1. The zero-order valence-electron chi connectivity index (χ0n) is 16.2. The number of nitrogens with zero attached hydrogens (tertiary/aromatic N) is 3. The van der Waals surface area contributed by atoms with Crippen molar-refractivity contribution >= 4 is 44.2 Å². The van der Waals surface area contributed by atoms with Gasteiger partial charge in [-0.05, 0) is 53.4 Å². The first-order valence-electron chi connectivity index (χ1n) is 9.70. The number of imidazole rings is 1. The van der Waals surface area contributed by atoms with Crippen molar-refractivity contribution in [1.82, 2.24) is 19.9 Å². The maximum absolute atomic E-state index is 13.8. The molecular weight excluding hydrogens is 467 g/mol. The molecule has 0 radical (unpaired) electrons. The summed E-state index contributed by atoms with van der Waals surface area (Å²) in [5.74, 6) is 0.246. The van der Waals surface area contributed by atoms with Crippen molar-refractivity contribution in [3.8, 4) is 10.4 Å². The van der Waals surface area contributed by atoms with Gasteiger partial charge in [0.25, 0.3) is 5.91 Å². The standard InChI is InChI=1S/C22H18BrFN4OS/c1-12-25-19(20(30-12)13-6-3-2-4-7-13)22(29)28-9-5-8-17(28)21-26-16-11-14(24)10-15(23)18(16)27-21/h2-4,6-7,10-11,17H,5,8-9H2,1H3,(H,26,27). The number of halogens is 2. The van der Waals surface area contributed by atoms with Gasteiger partial charge in [0.15, 0.2) is 0 Å². The molecule has 1 unspecified atom stereocenters. The number of hydrogen-bond acceptors (Lipinski definition) is 4. The molecule has 0 saturated carbocycles. The monoisotopic (exact) mass is 484 g/mol. The predicted molar refractivity (Wildman–Crippen MR) is 119 cm³/mol. The third-order valence-corrected chi connectivity index (χ3v) is 6.95. The van der Waals surface area contributed by atoms with E-state index >= 15 is 0 Å². The fraction of sp³-hybridized carbons (Fsp3) is 0.227. The Morgan fingerprint density at radius 3 is 2.87 bits per heavy atom. The second-order valence-electron chi connectivity index (χ2n) is 7.34. The number of aryl methyl sites for hydroxylation is 1. The van der Waals surface area contributed by atoms with E-state index in [1.165, 1.54) is 23.5 Å². The highest BCUT2D eigenvalue weighted by atomic mass is 79.9. The third kappa shape index (κ3) is 3.33. The summed E-state index contributed by atoms with van der Waals surface area (Å²) in [6, 6.07) is 12.5. The number of carbonyl (C=O) groups excluding carboxylic acids is 1. The van der Waals surface area contributed by atoms with Crippen LogP contribution < -0.4 is 0 Å². The van der Waals surface area contributed by atoms with Gasteiger partial charge in [0.1, 0.15) is 22.9 Å². The number of likely N-dealkylation sites (tertiary alicyclic amines) is 1. The number of carbonyl (C=O) groups is 1. The molecule has 1 aliphatic heterocycles. The van der Waals surface area contributed by atoms with Gasteiger partial charge >= 0.3 is 0 Å². The number of thiazole rings is 1. The van der Waals surface area contributed by atoms with Gasteiger partial charge in [-0.25, -0.2) is 14.4 Å². The van der Waals surface area contributed by atoms with Crippen LogP contribution in [-0.4, -0.2) is 32.3 Å². The Labute approximate surface area is 185 Å². The van der Waals surface area contributed by atoms with Gasteiger partial charge in [-0.1, -0.05) is 30.3 Å². The van der Waals surface area contributed by atoms with E-state index < -0.39 is 0 Å². The zero-order chi connectivity index (χ0) is 20.8. The number of hydrogen-bond donors (Lipinski definition) is 1. The fourth-order valence-corrected chi connectivity index (χ4v) is 5.44. The smallest absolute Gasteiger partial charge is 0.274 e. The number of aromatic amines is 1. The lowest BCUT2D eigenvalue weighted by Crippen LogP contribution is -2.31. The lowest BCUT2D eigenvalue weighted by atomic mass is 10.1. The Kier molecular flexibility index (Phi) is 4.91. The Morgan fingerprint density at radius 2 is 2.07 bits per heavy atom. The van der Waals surface area contributed by atoms with Crippen molar-refractivity contribution in [2.45, 2.75) is 25.8 Å². The molecule has 152 valence electrons. The van der Waals surface area contributed by atoms with Gasteiger partial charge in [-0.2, -0.15) is 0 Å². The summed E-state index contributed by atoms with van der Waals surface area (Å²) < 4.78 is 14.4. The molecule has 2 aromatic heterocycles. The fourth-order valence-electron chi connectivity index (χ4n) is 4.01. The van der Waals surface area contributed by atoms with Crippen molar-refractivity contribution in [2.75, 3.05) is 6.54 Å². The second kappa shape index (κ2) is 7.59. The van der Waals surface area contributed by atoms with Crippen LogP contribution in [0.15, 0.2) is 46.9 Å². The van der Waals surface area contributed by atoms with Crippen LogP contribution in [0, 0.1) is 12.7 Å². The molecule has 2 aromatic carbocycles. The van der Waals surface area contributed by atoms with E-state index in [0.29, 0.717) is 33.6 Å². The predicted octanol–water partition coefficient (Wildman–Crippen LogP) is 5.87. The van der Waals surface area contributed by atoms with E-state index in [9.17, 15) is 9.18 Å². The Balaban J connectivity index is 1.52. The molecule has 5 rings (SSSR count). The van der Waals surface area contributed by atoms with E-state index in [1.54, 1.807) is 0 Å². The highest BCUT2D eigenvalue weighted by Gasteiger charge is 2.35. The van der Waals surface area contributed by atoms with Crippen LogP contribution in [0.2, 0.25) is 0 Å². The number of fused-ring (bicyclic) bond motifs is 1. The first kappa shape index (κ1) is 19.4. The summed E-state index contributed by atoms with van der Waals surface area (Å²) in [7, 11) is 0. The molecule has 8 heteroatoms. The number of aromatic nitrogens is 3. The first-order chi connectivity index (χ1) is 14.5. The van der Waals surface area contributed by atoms with Crippen molar-refractivity contribution in [3.63, 3.8) is 0 Å². The molecule has 3 heterocycles. The SMILES string of the molecule is Cc1nc(C(=O)N2CCCC2c2nc3c(Br)cc(F)cc3[nH]2)c(-c2ccccc2)s1. The quantitative estimate of drug-likeness (QED) is 0.395. The minimum absolute atomic E-state index is 0.0913. The summed E-state index contributed by atoms with van der Waals surface area (Å²) in [6.45, 7) is 2.56. The Morgan fingerprint density at radius 1 is 1.27 bits per heavy atom. The molecule has 1 fully saturated rings. The van der Waals surface area contributed by atoms with E-state index in [2.05, 4.69) is 30.9 Å². The molecule has 1 atom stereocenters. The highest BCUT2D eigenvalue weighted by Crippen LogP contribution is 2.37. The van der Waals surface area contributed by atoms with Crippen LogP contribution in [0.3, 0.4) is 0 Å². The first-order valence-corrected chi connectivity index (χ1v) is 11.3. The Hall–Kier alpha value is -2.58. The van der Waals surface area contributed by atoms with E-state index in [4.69, 9.17) is 0 Å². The summed E-state index contributed by atoms with van der Waals surface area (Å²) in [5, 5.41) is 0.857. The minimum Gasteiger partial charge on any atom is -0.340 e. The lowest BCUT2D eigenvalue weighted by molar-refractivity contribution is 0.0726. The van der Waals surface area contributed by atoms with Crippen LogP contribution in [0.5, 0.6) is 0 Å². The molecule has 1 saturated heterocycles. The molecule has 0 aliphatic carbocycles. The van der Waals surface area contributed by atoms with Crippen LogP contribution in [-0.2, 0) is 0 Å². The zero-order valence-corrected chi connectivity index (χ0v) is 18.6. The minimum atomic E-state index is -0.339. The molecule has 5 nitrogen and oxygen atoms in total. The molecule has 4 aromatic rings. The van der Waals surface area contributed by atoms with Crippen molar-refractivity contribution in [2.24, 2.45) is 0 Å². The summed E-state index contributed by atoms with van der Waals surface area (Å²) in [5.41, 5.74) is 2.76. The van der Waals surface area contributed by atoms with Crippen molar-refractivity contribution in [3.05, 3.63) is 69.3 Å². The van der Waals surface area contributed by atoms with Crippen molar-refractivity contribution < 1.29 is 9.18 Å². The molecule has 0 bridgehead atoms. The second-order valence-corrected chi connectivity index (χ2v) is 9.40. The number of amides is 1. The number of nitrogens with one attached hydrogen (secondary N) is 1. The maximum Gasteiger partial charge on any atom is 0.274 e. The molecule has 1 aliphatic rings. The molecule has 30 heavy (non-hydrogen) atoms. The van der Waals surface area contributed by atoms with Gasteiger partial charge in [0.05, 0.1) is 21.4 Å². The number of benzene rings is 2. The summed E-state index contributed by atoms with van der Waals surface area (Å²) >= 11 is 4.91. The summed E-state index contributed by atoms with van der Waals surface area (Å²) in [6.07, 6.45) is 1.68. The van der Waals surface area contributed by atoms with E-state index in [1.807, 2.05) is 42.2 Å². The molecule has 1 amide bonds. The molecule has 0 spiro atoms. The average Bonchev–Trinajstić information content (AvgIpc) is 3.45. The van der Waals surface area contributed by atoms with E-state index in [-0.39, 0.29) is 17.8 Å². The Bertz CT molecular complexity index is 1250. The number of rotatable bonds is 3.